The van der Waals surface area contributed by atoms with Crippen LogP contribution >= 0.6 is 0 Å². The Morgan fingerprint density at radius 1 is 1.08 bits per heavy atom. The molecule has 0 bridgehead atoms. The molecule has 0 amide bonds. The normalized spacial score (nSPS) is 21.1. The molecule has 2 aromatic heterocycles. The summed E-state index contributed by atoms with van der Waals surface area (Å²) >= 11 is 0. The van der Waals surface area contributed by atoms with Gasteiger partial charge in [-0.05, 0) is 76.0 Å². The van der Waals surface area contributed by atoms with Gasteiger partial charge in [-0.3, -0.25) is 9.69 Å². The predicted octanol–water partition coefficient (Wildman–Crippen LogP) is 6.57. The number of carbonyl (C=O) groups is 1. The van der Waals surface area contributed by atoms with E-state index in [0.717, 1.165) is 75.5 Å². The highest BCUT2D eigenvalue weighted by Gasteiger charge is 2.44. The van der Waals surface area contributed by atoms with Gasteiger partial charge in [0.15, 0.2) is 11.5 Å². The molecule has 2 aliphatic heterocycles. The number of morpholine rings is 1. The Labute approximate surface area is 281 Å². The van der Waals surface area contributed by atoms with Crippen molar-refractivity contribution in [2.45, 2.75) is 97.4 Å². The van der Waals surface area contributed by atoms with Gasteiger partial charge in [-0.25, -0.2) is 9.50 Å². The Kier molecular flexibility index (Phi) is 9.70. The van der Waals surface area contributed by atoms with Crippen molar-refractivity contribution >= 4 is 23.1 Å². The van der Waals surface area contributed by atoms with Crippen LogP contribution in [0.2, 0.25) is 0 Å². The van der Waals surface area contributed by atoms with Gasteiger partial charge in [-0.15, -0.1) is 5.10 Å². The van der Waals surface area contributed by atoms with Gasteiger partial charge in [0.05, 0.1) is 41.8 Å². The molecular formula is C36H49F3N6O3. The number of halogens is 3. The number of nitrogen functional groups attached to an aromatic ring is 1. The summed E-state index contributed by atoms with van der Waals surface area (Å²) in [6, 6.07) is 6.18. The quantitative estimate of drug-likeness (QED) is 0.294. The van der Waals surface area contributed by atoms with Crippen molar-refractivity contribution < 1.29 is 27.4 Å². The van der Waals surface area contributed by atoms with E-state index in [-0.39, 0.29) is 29.3 Å². The lowest BCUT2D eigenvalue weighted by Crippen LogP contribution is -2.55. The van der Waals surface area contributed by atoms with Gasteiger partial charge in [0.1, 0.15) is 5.60 Å². The Hall–Kier alpha value is -3.38. The molecule has 0 radical (unpaired) electrons. The van der Waals surface area contributed by atoms with Crippen LogP contribution in [0.5, 0.6) is 0 Å². The van der Waals surface area contributed by atoms with E-state index in [2.05, 4.69) is 9.80 Å². The highest BCUT2D eigenvalue weighted by Crippen LogP contribution is 2.44. The van der Waals surface area contributed by atoms with Crippen molar-refractivity contribution in [1.82, 2.24) is 19.5 Å². The molecule has 12 heteroatoms. The maximum absolute atomic E-state index is 13.9. The summed E-state index contributed by atoms with van der Waals surface area (Å²) < 4.78 is 54.7. The van der Waals surface area contributed by atoms with E-state index < -0.39 is 17.3 Å². The predicted molar refractivity (Wildman–Crippen MR) is 179 cm³/mol. The summed E-state index contributed by atoms with van der Waals surface area (Å²) in [6.07, 6.45) is 2.83. The fourth-order valence-corrected chi connectivity index (χ4v) is 7.71. The van der Waals surface area contributed by atoms with Crippen LogP contribution in [-0.2, 0) is 33.4 Å². The van der Waals surface area contributed by atoms with Crippen LogP contribution in [0.15, 0.2) is 24.3 Å². The third-order valence-electron chi connectivity index (χ3n) is 10.2. The number of benzene rings is 1. The smallest absolute Gasteiger partial charge is 0.416 e. The number of anilines is 2. The first-order chi connectivity index (χ1) is 22.7. The lowest BCUT2D eigenvalue weighted by atomic mass is 9.71. The SMILES string of the molecule is Cc1c(Cc2c(CN3CC4(CCCCCC(C(=O)OC(C)(C)C)CC4)C3)nc3c(N)cc(N4CCOCC4)nn23)cccc1C(F)(F)F. The van der Waals surface area contributed by atoms with E-state index >= 15 is 0 Å². The number of alkyl halides is 3. The number of hydrogen-bond acceptors (Lipinski definition) is 8. The first-order valence-electron chi connectivity index (χ1n) is 17.3. The van der Waals surface area contributed by atoms with Crippen LogP contribution in [0.25, 0.3) is 5.65 Å². The molecule has 3 aliphatic rings. The van der Waals surface area contributed by atoms with E-state index in [1.807, 2.05) is 26.8 Å². The molecule has 3 fully saturated rings. The first-order valence-corrected chi connectivity index (χ1v) is 17.3. The second-order valence-corrected chi connectivity index (χ2v) is 15.1. The molecule has 1 saturated carbocycles. The molecule has 1 aromatic carbocycles. The Bertz CT molecular complexity index is 1620. The molecule has 1 spiro atoms. The van der Waals surface area contributed by atoms with Crippen molar-refractivity contribution in [3.8, 4) is 0 Å². The maximum atomic E-state index is 13.9. The summed E-state index contributed by atoms with van der Waals surface area (Å²) in [5, 5.41) is 4.96. The summed E-state index contributed by atoms with van der Waals surface area (Å²) in [5.74, 6) is 0.530. The summed E-state index contributed by atoms with van der Waals surface area (Å²) in [5.41, 5.74) is 8.87. The van der Waals surface area contributed by atoms with Crippen LogP contribution in [0.4, 0.5) is 24.7 Å². The third-order valence-corrected chi connectivity index (χ3v) is 10.2. The summed E-state index contributed by atoms with van der Waals surface area (Å²) in [7, 11) is 0. The molecule has 48 heavy (non-hydrogen) atoms. The van der Waals surface area contributed by atoms with Crippen LogP contribution in [-0.4, -0.2) is 70.5 Å². The number of fused-ring (bicyclic) bond motifs is 1. The lowest BCUT2D eigenvalue weighted by molar-refractivity contribution is -0.161. The first kappa shape index (κ1) is 34.5. The fourth-order valence-electron chi connectivity index (χ4n) is 7.71. The number of carbonyl (C=O) groups excluding carboxylic acids is 1. The van der Waals surface area contributed by atoms with Crippen LogP contribution in [0.3, 0.4) is 0 Å². The minimum absolute atomic E-state index is 0.0799. The molecule has 262 valence electrons. The topological polar surface area (TPSA) is 98.2 Å². The summed E-state index contributed by atoms with van der Waals surface area (Å²) in [4.78, 5) is 22.5. The molecule has 1 unspecified atom stereocenters. The van der Waals surface area contributed by atoms with Gasteiger partial charge >= 0.3 is 12.1 Å². The largest absolute Gasteiger partial charge is 0.460 e. The number of imidazole rings is 1. The number of likely N-dealkylation sites (tertiary alicyclic amines) is 1. The van der Waals surface area contributed by atoms with Crippen LogP contribution in [0, 0.1) is 18.3 Å². The molecule has 2 saturated heterocycles. The zero-order chi connectivity index (χ0) is 34.3. The zero-order valence-electron chi connectivity index (χ0n) is 28.7. The standard InChI is InChI=1S/C36H49F3N6O3/c1-24-26(10-8-11-27(24)36(37,38)39)19-30-29(41-32-28(40)20-31(42-45(30)32)44-15-17-47-18-16-44)21-43-22-35(23-43)13-7-5-6-9-25(12-14-35)33(46)48-34(2,3)4/h8,10-11,20,25H,5-7,9,12-19,21-23,40H2,1-4H3. The van der Waals surface area contributed by atoms with E-state index in [0.29, 0.717) is 55.6 Å². The molecule has 4 heterocycles. The number of hydrogen-bond donors (Lipinski definition) is 1. The van der Waals surface area contributed by atoms with Gasteiger partial charge in [0.2, 0.25) is 0 Å². The average molecular weight is 671 g/mol. The van der Waals surface area contributed by atoms with Gasteiger partial charge in [-0.2, -0.15) is 13.2 Å². The van der Waals surface area contributed by atoms with Crippen LogP contribution < -0.4 is 10.6 Å². The Morgan fingerprint density at radius 2 is 1.83 bits per heavy atom. The number of esters is 1. The molecular weight excluding hydrogens is 621 g/mol. The maximum Gasteiger partial charge on any atom is 0.416 e. The van der Waals surface area contributed by atoms with Crippen molar-refractivity contribution in [2.75, 3.05) is 50.0 Å². The van der Waals surface area contributed by atoms with Crippen molar-refractivity contribution in [3.63, 3.8) is 0 Å². The monoisotopic (exact) mass is 670 g/mol. The number of ether oxygens (including phenoxy) is 2. The Morgan fingerprint density at radius 3 is 2.54 bits per heavy atom. The number of rotatable bonds is 6. The molecule has 1 aliphatic carbocycles. The molecule has 3 aromatic rings. The van der Waals surface area contributed by atoms with Crippen LogP contribution in [0.1, 0.15) is 93.8 Å². The van der Waals surface area contributed by atoms with Gasteiger partial charge < -0.3 is 20.1 Å². The van der Waals surface area contributed by atoms with E-state index in [4.69, 9.17) is 25.3 Å². The van der Waals surface area contributed by atoms with Crippen molar-refractivity contribution in [2.24, 2.45) is 11.3 Å². The van der Waals surface area contributed by atoms with Gasteiger partial charge in [-0.1, -0.05) is 31.4 Å². The fraction of sp³-hybridized carbons (Fsp3) is 0.639. The second-order valence-electron chi connectivity index (χ2n) is 15.1. The molecule has 9 nitrogen and oxygen atoms in total. The van der Waals surface area contributed by atoms with Crippen molar-refractivity contribution in [3.05, 3.63) is 52.3 Å². The minimum atomic E-state index is -4.44. The molecule has 6 rings (SSSR count). The molecule has 2 N–H and O–H groups in total. The van der Waals surface area contributed by atoms with E-state index in [9.17, 15) is 18.0 Å². The number of nitrogens with two attached hydrogens (primary N) is 1. The summed E-state index contributed by atoms with van der Waals surface area (Å²) in [6.45, 7) is 12.1. The van der Waals surface area contributed by atoms with E-state index in [1.165, 1.54) is 13.0 Å². The van der Waals surface area contributed by atoms with Gasteiger partial charge in [0.25, 0.3) is 0 Å². The average Bonchev–Trinajstić information content (AvgIpc) is 3.39. The Balaban J connectivity index is 1.27. The highest BCUT2D eigenvalue weighted by molar-refractivity contribution is 5.73. The van der Waals surface area contributed by atoms with Gasteiger partial charge in [0, 0.05) is 45.2 Å². The lowest BCUT2D eigenvalue weighted by Gasteiger charge is -2.51. The highest BCUT2D eigenvalue weighted by atomic mass is 19.4. The minimum Gasteiger partial charge on any atom is -0.460 e. The van der Waals surface area contributed by atoms with Crippen molar-refractivity contribution in [1.29, 1.82) is 0 Å². The third kappa shape index (κ3) is 7.59. The van der Waals surface area contributed by atoms with E-state index in [1.54, 1.807) is 10.6 Å². The number of nitrogens with zero attached hydrogens (tertiary/aromatic N) is 5. The number of aromatic nitrogens is 3. The second kappa shape index (κ2) is 13.5. The zero-order valence-corrected chi connectivity index (χ0v) is 28.7. The molecule has 1 atom stereocenters.